The minimum Gasteiger partial charge on any atom is -0.330 e. The number of rotatable bonds is 5. The molecule has 1 aromatic carbocycles. The molecule has 0 atom stereocenters. The summed E-state index contributed by atoms with van der Waals surface area (Å²) in [6, 6.07) is 7.64. The fraction of sp³-hybridized carbons (Fsp3) is 0.389. The molecule has 24 heavy (non-hydrogen) atoms. The molecule has 0 unspecified atom stereocenters. The number of carbonyl (C=O) groups is 3. The Morgan fingerprint density at radius 1 is 1.29 bits per heavy atom. The average Bonchev–Trinajstić information content (AvgIpc) is 2.56. The Kier molecular flexibility index (Phi) is 5.73. The SMILES string of the molecule is C=CC(=O)N1CCN(CC(=O)Nc2ccccc2C(C)C)C(=O)C1. The quantitative estimate of drug-likeness (QED) is 0.834. The molecule has 0 radical (unpaired) electrons. The second-order valence-corrected chi connectivity index (χ2v) is 6.07. The van der Waals surface area contributed by atoms with Crippen molar-refractivity contribution >= 4 is 23.4 Å². The maximum Gasteiger partial charge on any atom is 0.246 e. The number of benzene rings is 1. The summed E-state index contributed by atoms with van der Waals surface area (Å²) in [6.07, 6.45) is 1.19. The Labute approximate surface area is 142 Å². The molecule has 6 heteroatoms. The van der Waals surface area contributed by atoms with Crippen LogP contribution in [-0.2, 0) is 14.4 Å². The highest BCUT2D eigenvalue weighted by Crippen LogP contribution is 2.23. The van der Waals surface area contributed by atoms with Crippen LogP contribution in [0.3, 0.4) is 0 Å². The number of anilines is 1. The van der Waals surface area contributed by atoms with E-state index in [0.717, 1.165) is 11.3 Å². The third-order valence-electron chi connectivity index (χ3n) is 4.00. The first kappa shape index (κ1) is 17.7. The van der Waals surface area contributed by atoms with Gasteiger partial charge in [0.1, 0.15) is 6.54 Å². The zero-order valence-electron chi connectivity index (χ0n) is 14.1. The molecule has 3 amide bonds. The van der Waals surface area contributed by atoms with Crippen molar-refractivity contribution in [3.8, 4) is 0 Å². The summed E-state index contributed by atoms with van der Waals surface area (Å²) in [5, 5.41) is 2.88. The number of hydrogen-bond donors (Lipinski definition) is 1. The van der Waals surface area contributed by atoms with Crippen LogP contribution in [0.5, 0.6) is 0 Å². The monoisotopic (exact) mass is 329 g/mol. The van der Waals surface area contributed by atoms with E-state index < -0.39 is 0 Å². The summed E-state index contributed by atoms with van der Waals surface area (Å²) in [5.41, 5.74) is 1.82. The minimum absolute atomic E-state index is 0.0125. The standard InChI is InChI=1S/C18H23N3O3/c1-4-17(23)21-10-9-20(18(24)12-21)11-16(22)19-15-8-6-5-7-14(15)13(2)3/h4-8,13H,1,9-12H2,2-3H3,(H,19,22). The molecule has 2 rings (SSSR count). The van der Waals surface area contributed by atoms with Gasteiger partial charge in [-0.2, -0.15) is 0 Å². The van der Waals surface area contributed by atoms with Gasteiger partial charge < -0.3 is 15.1 Å². The predicted octanol–water partition coefficient (Wildman–Crippen LogP) is 1.61. The predicted molar refractivity (Wildman–Crippen MR) is 92.5 cm³/mol. The molecule has 0 spiro atoms. The molecule has 128 valence electrons. The molecular formula is C18H23N3O3. The summed E-state index contributed by atoms with van der Waals surface area (Å²) in [5.74, 6) is -0.446. The average molecular weight is 329 g/mol. The first-order chi connectivity index (χ1) is 11.4. The summed E-state index contributed by atoms with van der Waals surface area (Å²) >= 11 is 0. The summed E-state index contributed by atoms with van der Waals surface area (Å²) in [7, 11) is 0. The van der Waals surface area contributed by atoms with Crippen LogP contribution in [0.1, 0.15) is 25.3 Å². The van der Waals surface area contributed by atoms with Crippen LogP contribution in [0.15, 0.2) is 36.9 Å². The van der Waals surface area contributed by atoms with E-state index in [1.165, 1.54) is 15.9 Å². The summed E-state index contributed by atoms with van der Waals surface area (Å²) < 4.78 is 0. The number of nitrogens with zero attached hydrogens (tertiary/aromatic N) is 2. The number of amides is 3. The molecule has 0 bridgehead atoms. The zero-order valence-corrected chi connectivity index (χ0v) is 14.1. The van der Waals surface area contributed by atoms with Gasteiger partial charge in [0.15, 0.2) is 0 Å². The molecule has 0 aliphatic carbocycles. The van der Waals surface area contributed by atoms with Crippen molar-refractivity contribution in [2.24, 2.45) is 0 Å². The molecule has 0 aromatic heterocycles. The highest BCUT2D eigenvalue weighted by molar-refractivity contribution is 5.97. The molecule has 1 fully saturated rings. The second-order valence-electron chi connectivity index (χ2n) is 6.07. The van der Waals surface area contributed by atoms with E-state index in [0.29, 0.717) is 13.1 Å². The number of hydrogen-bond acceptors (Lipinski definition) is 3. The van der Waals surface area contributed by atoms with E-state index in [1.54, 1.807) is 0 Å². The van der Waals surface area contributed by atoms with Crippen molar-refractivity contribution < 1.29 is 14.4 Å². The van der Waals surface area contributed by atoms with Gasteiger partial charge in [-0.25, -0.2) is 0 Å². The van der Waals surface area contributed by atoms with Crippen molar-refractivity contribution in [3.05, 3.63) is 42.5 Å². The van der Waals surface area contributed by atoms with Crippen LogP contribution in [0.25, 0.3) is 0 Å². The van der Waals surface area contributed by atoms with Crippen molar-refractivity contribution in [1.82, 2.24) is 9.80 Å². The van der Waals surface area contributed by atoms with Crippen LogP contribution in [0.4, 0.5) is 5.69 Å². The Morgan fingerprint density at radius 2 is 2.00 bits per heavy atom. The Bertz CT molecular complexity index is 655. The molecule has 1 aromatic rings. The van der Waals surface area contributed by atoms with Gasteiger partial charge in [0.05, 0.1) is 6.54 Å². The van der Waals surface area contributed by atoms with Crippen molar-refractivity contribution in [2.75, 3.05) is 31.5 Å². The number of piperazine rings is 1. The highest BCUT2D eigenvalue weighted by Gasteiger charge is 2.27. The van der Waals surface area contributed by atoms with Gasteiger partial charge in [0.25, 0.3) is 0 Å². The van der Waals surface area contributed by atoms with Crippen LogP contribution in [0.2, 0.25) is 0 Å². The van der Waals surface area contributed by atoms with Crippen molar-refractivity contribution in [3.63, 3.8) is 0 Å². The third kappa shape index (κ3) is 4.22. The summed E-state index contributed by atoms with van der Waals surface area (Å²) in [4.78, 5) is 38.8. The minimum atomic E-state index is -0.265. The van der Waals surface area contributed by atoms with Gasteiger partial charge in [-0.15, -0.1) is 0 Å². The molecule has 1 N–H and O–H groups in total. The molecule has 1 aliphatic rings. The van der Waals surface area contributed by atoms with Crippen LogP contribution < -0.4 is 5.32 Å². The number of para-hydroxylation sites is 1. The number of carbonyl (C=O) groups excluding carboxylic acids is 3. The lowest BCUT2D eigenvalue weighted by Crippen LogP contribution is -2.53. The van der Waals surface area contributed by atoms with E-state index >= 15 is 0 Å². The highest BCUT2D eigenvalue weighted by atomic mass is 16.2. The Balaban J connectivity index is 1.95. The van der Waals surface area contributed by atoms with Crippen molar-refractivity contribution in [1.29, 1.82) is 0 Å². The van der Waals surface area contributed by atoms with Gasteiger partial charge in [0.2, 0.25) is 17.7 Å². The maximum absolute atomic E-state index is 12.3. The molecular weight excluding hydrogens is 306 g/mol. The van der Waals surface area contributed by atoms with Gasteiger partial charge in [-0.05, 0) is 23.6 Å². The first-order valence-electron chi connectivity index (χ1n) is 8.00. The van der Waals surface area contributed by atoms with E-state index in [9.17, 15) is 14.4 Å². The topological polar surface area (TPSA) is 69.7 Å². The molecule has 1 saturated heterocycles. The fourth-order valence-electron chi connectivity index (χ4n) is 2.67. The summed E-state index contributed by atoms with van der Waals surface area (Å²) in [6.45, 7) is 8.27. The van der Waals surface area contributed by atoms with Gasteiger partial charge >= 0.3 is 0 Å². The molecule has 0 saturated carbocycles. The van der Waals surface area contributed by atoms with E-state index in [1.807, 2.05) is 24.3 Å². The van der Waals surface area contributed by atoms with Crippen LogP contribution in [-0.4, -0.2) is 53.7 Å². The maximum atomic E-state index is 12.3. The lowest BCUT2D eigenvalue weighted by atomic mass is 10.0. The largest absolute Gasteiger partial charge is 0.330 e. The smallest absolute Gasteiger partial charge is 0.246 e. The van der Waals surface area contributed by atoms with Gasteiger partial charge in [0, 0.05) is 18.8 Å². The second kappa shape index (κ2) is 7.77. The number of nitrogens with one attached hydrogen (secondary N) is 1. The van der Waals surface area contributed by atoms with E-state index in [4.69, 9.17) is 0 Å². The van der Waals surface area contributed by atoms with E-state index in [2.05, 4.69) is 25.7 Å². The zero-order chi connectivity index (χ0) is 17.7. The fourth-order valence-corrected chi connectivity index (χ4v) is 2.67. The molecule has 1 heterocycles. The van der Waals surface area contributed by atoms with E-state index in [-0.39, 0.29) is 36.7 Å². The lowest BCUT2D eigenvalue weighted by molar-refractivity contribution is -0.144. The van der Waals surface area contributed by atoms with Gasteiger partial charge in [-0.1, -0.05) is 38.6 Å². The third-order valence-corrected chi connectivity index (χ3v) is 4.00. The Hall–Kier alpha value is -2.63. The molecule has 6 nitrogen and oxygen atoms in total. The first-order valence-corrected chi connectivity index (χ1v) is 8.00. The Morgan fingerprint density at radius 3 is 2.62 bits per heavy atom. The van der Waals surface area contributed by atoms with Crippen LogP contribution >= 0.6 is 0 Å². The van der Waals surface area contributed by atoms with Crippen molar-refractivity contribution in [2.45, 2.75) is 19.8 Å². The van der Waals surface area contributed by atoms with Crippen LogP contribution in [0, 0.1) is 0 Å². The lowest BCUT2D eigenvalue weighted by Gasteiger charge is -2.33. The van der Waals surface area contributed by atoms with Gasteiger partial charge in [-0.3, -0.25) is 14.4 Å². The molecule has 1 aliphatic heterocycles. The normalized spacial score (nSPS) is 14.7.